The fraction of sp³-hybridized carbons (Fsp3) is 0.357. The van der Waals surface area contributed by atoms with Crippen molar-refractivity contribution in [1.29, 1.82) is 0 Å². The first-order valence-electron chi connectivity index (χ1n) is 5.87. The molecule has 1 aromatic rings. The van der Waals surface area contributed by atoms with E-state index in [0.717, 1.165) is 12.0 Å². The Kier molecular flexibility index (Phi) is 6.04. The predicted molar refractivity (Wildman–Crippen MR) is 70.6 cm³/mol. The monoisotopic (exact) mass is 232 g/mol. The van der Waals surface area contributed by atoms with Crippen molar-refractivity contribution in [1.82, 2.24) is 10.6 Å². The number of rotatable bonds is 7. The first-order valence-corrected chi connectivity index (χ1v) is 5.87. The van der Waals surface area contributed by atoms with Gasteiger partial charge in [-0.25, -0.2) is 0 Å². The van der Waals surface area contributed by atoms with Crippen LogP contribution in [0, 0.1) is 0 Å². The first kappa shape index (κ1) is 13.5. The minimum absolute atomic E-state index is 0.0183. The lowest BCUT2D eigenvalue weighted by atomic mass is 10.2. The van der Waals surface area contributed by atoms with E-state index in [9.17, 15) is 4.79 Å². The van der Waals surface area contributed by atoms with Gasteiger partial charge in [-0.1, -0.05) is 36.4 Å². The van der Waals surface area contributed by atoms with Crippen LogP contribution in [0.25, 0.3) is 0 Å². The maximum Gasteiger partial charge on any atom is 0.234 e. The van der Waals surface area contributed by atoms with Crippen LogP contribution < -0.4 is 10.6 Å². The summed E-state index contributed by atoms with van der Waals surface area (Å²) in [4.78, 5) is 11.5. The molecule has 0 saturated carbocycles. The van der Waals surface area contributed by atoms with Crippen molar-refractivity contribution < 1.29 is 4.79 Å². The Labute approximate surface area is 103 Å². The van der Waals surface area contributed by atoms with Crippen LogP contribution in [-0.4, -0.2) is 18.5 Å². The average Bonchev–Trinajstić information content (AvgIpc) is 2.35. The Morgan fingerprint density at radius 3 is 2.76 bits per heavy atom. The highest BCUT2D eigenvalue weighted by Gasteiger charge is 2.03. The van der Waals surface area contributed by atoms with Gasteiger partial charge in [0.2, 0.25) is 5.91 Å². The summed E-state index contributed by atoms with van der Waals surface area (Å²) in [6.07, 6.45) is 2.71. The Morgan fingerprint density at radius 1 is 1.41 bits per heavy atom. The fourth-order valence-electron chi connectivity index (χ4n) is 1.46. The molecule has 0 bridgehead atoms. The van der Waals surface area contributed by atoms with E-state index in [0.29, 0.717) is 13.1 Å². The summed E-state index contributed by atoms with van der Waals surface area (Å²) in [5, 5.41) is 6.01. The van der Waals surface area contributed by atoms with Gasteiger partial charge in [0, 0.05) is 12.6 Å². The molecular formula is C14H20N2O. The maximum absolute atomic E-state index is 11.5. The molecule has 92 valence electrons. The normalized spacial score (nSPS) is 11.8. The van der Waals surface area contributed by atoms with E-state index >= 15 is 0 Å². The third kappa shape index (κ3) is 5.88. The molecule has 1 aromatic carbocycles. The van der Waals surface area contributed by atoms with Crippen LogP contribution in [-0.2, 0) is 11.3 Å². The lowest BCUT2D eigenvalue weighted by Crippen LogP contribution is -2.37. The second-order valence-corrected chi connectivity index (χ2v) is 4.07. The second-order valence-electron chi connectivity index (χ2n) is 4.07. The zero-order valence-electron chi connectivity index (χ0n) is 10.3. The summed E-state index contributed by atoms with van der Waals surface area (Å²) < 4.78 is 0. The molecule has 0 radical (unpaired) electrons. The summed E-state index contributed by atoms with van der Waals surface area (Å²) in [7, 11) is 0. The van der Waals surface area contributed by atoms with Crippen molar-refractivity contribution in [3.63, 3.8) is 0 Å². The van der Waals surface area contributed by atoms with E-state index in [-0.39, 0.29) is 11.9 Å². The third-order valence-electron chi connectivity index (χ3n) is 2.46. The Balaban J connectivity index is 2.19. The highest BCUT2D eigenvalue weighted by atomic mass is 16.1. The molecule has 2 N–H and O–H groups in total. The molecule has 1 unspecified atom stereocenters. The topological polar surface area (TPSA) is 41.1 Å². The van der Waals surface area contributed by atoms with Gasteiger partial charge in [0.05, 0.1) is 6.54 Å². The molecule has 3 nitrogen and oxygen atoms in total. The maximum atomic E-state index is 11.5. The van der Waals surface area contributed by atoms with Crippen LogP contribution in [0.3, 0.4) is 0 Å². The van der Waals surface area contributed by atoms with E-state index in [1.54, 1.807) is 0 Å². The molecule has 1 rings (SSSR count). The van der Waals surface area contributed by atoms with Gasteiger partial charge in [-0.3, -0.25) is 4.79 Å². The summed E-state index contributed by atoms with van der Waals surface area (Å²) >= 11 is 0. The Morgan fingerprint density at radius 2 is 2.12 bits per heavy atom. The molecule has 17 heavy (non-hydrogen) atoms. The van der Waals surface area contributed by atoms with Gasteiger partial charge in [-0.2, -0.15) is 0 Å². The van der Waals surface area contributed by atoms with Crippen LogP contribution in [0.2, 0.25) is 0 Å². The Bertz CT molecular complexity index is 348. The highest BCUT2D eigenvalue weighted by Crippen LogP contribution is 1.96. The number of hydrogen-bond donors (Lipinski definition) is 2. The number of carbonyl (C=O) groups is 1. The molecule has 0 aliphatic carbocycles. The standard InChI is InChI=1S/C14H20N2O/c1-3-7-12(2)15-11-14(17)16-10-13-8-5-4-6-9-13/h3-6,8-9,12,15H,1,7,10-11H2,2H3,(H,16,17). The molecule has 0 heterocycles. The molecule has 1 atom stereocenters. The van der Waals surface area contributed by atoms with Crippen LogP contribution >= 0.6 is 0 Å². The van der Waals surface area contributed by atoms with Crippen molar-refractivity contribution in [3.05, 3.63) is 48.6 Å². The predicted octanol–water partition coefficient (Wildman–Crippen LogP) is 1.86. The van der Waals surface area contributed by atoms with Crippen LogP contribution in [0.15, 0.2) is 43.0 Å². The van der Waals surface area contributed by atoms with Gasteiger partial charge in [0.25, 0.3) is 0 Å². The zero-order valence-corrected chi connectivity index (χ0v) is 10.3. The zero-order chi connectivity index (χ0) is 12.5. The average molecular weight is 232 g/mol. The quantitative estimate of drug-likeness (QED) is 0.704. The minimum Gasteiger partial charge on any atom is -0.351 e. The Hall–Kier alpha value is -1.61. The SMILES string of the molecule is C=CCC(C)NCC(=O)NCc1ccccc1. The van der Waals surface area contributed by atoms with Crippen molar-refractivity contribution >= 4 is 5.91 Å². The molecular weight excluding hydrogens is 212 g/mol. The van der Waals surface area contributed by atoms with Crippen LogP contribution in [0.1, 0.15) is 18.9 Å². The van der Waals surface area contributed by atoms with Crippen molar-refractivity contribution in [2.75, 3.05) is 6.54 Å². The van der Waals surface area contributed by atoms with Gasteiger partial charge in [-0.15, -0.1) is 6.58 Å². The summed E-state index contributed by atoms with van der Waals surface area (Å²) in [5.74, 6) is 0.0183. The molecule has 0 saturated heterocycles. The largest absolute Gasteiger partial charge is 0.351 e. The second kappa shape index (κ2) is 7.63. The minimum atomic E-state index is 0.0183. The molecule has 0 aliphatic rings. The number of hydrogen-bond acceptors (Lipinski definition) is 2. The molecule has 1 amide bonds. The number of carbonyl (C=O) groups excluding carboxylic acids is 1. The molecule has 3 heteroatoms. The van der Waals surface area contributed by atoms with E-state index in [1.165, 1.54) is 0 Å². The van der Waals surface area contributed by atoms with E-state index in [4.69, 9.17) is 0 Å². The third-order valence-corrected chi connectivity index (χ3v) is 2.46. The first-order chi connectivity index (χ1) is 8.22. The number of nitrogens with one attached hydrogen (secondary N) is 2. The van der Waals surface area contributed by atoms with Crippen LogP contribution in [0.5, 0.6) is 0 Å². The van der Waals surface area contributed by atoms with E-state index in [2.05, 4.69) is 17.2 Å². The van der Waals surface area contributed by atoms with Crippen molar-refractivity contribution in [2.24, 2.45) is 0 Å². The van der Waals surface area contributed by atoms with Crippen molar-refractivity contribution in [3.8, 4) is 0 Å². The highest BCUT2D eigenvalue weighted by molar-refractivity contribution is 5.77. The molecule has 0 spiro atoms. The molecule has 0 aliphatic heterocycles. The fourth-order valence-corrected chi connectivity index (χ4v) is 1.46. The number of amides is 1. The lowest BCUT2D eigenvalue weighted by molar-refractivity contribution is -0.120. The van der Waals surface area contributed by atoms with Crippen LogP contribution in [0.4, 0.5) is 0 Å². The van der Waals surface area contributed by atoms with E-state index in [1.807, 2.05) is 43.3 Å². The van der Waals surface area contributed by atoms with Gasteiger partial charge in [0.15, 0.2) is 0 Å². The van der Waals surface area contributed by atoms with E-state index < -0.39 is 0 Å². The molecule has 0 fully saturated rings. The molecule has 0 aromatic heterocycles. The van der Waals surface area contributed by atoms with Gasteiger partial charge in [-0.05, 0) is 18.9 Å². The van der Waals surface area contributed by atoms with Gasteiger partial charge in [0.1, 0.15) is 0 Å². The van der Waals surface area contributed by atoms with Crippen molar-refractivity contribution in [2.45, 2.75) is 25.9 Å². The van der Waals surface area contributed by atoms with Gasteiger partial charge < -0.3 is 10.6 Å². The summed E-state index contributed by atoms with van der Waals surface area (Å²) in [6, 6.07) is 10.2. The number of benzene rings is 1. The summed E-state index contributed by atoms with van der Waals surface area (Å²) in [6.45, 7) is 6.63. The van der Waals surface area contributed by atoms with Gasteiger partial charge >= 0.3 is 0 Å². The lowest BCUT2D eigenvalue weighted by Gasteiger charge is -2.11. The smallest absolute Gasteiger partial charge is 0.234 e. The summed E-state index contributed by atoms with van der Waals surface area (Å²) in [5.41, 5.74) is 1.11.